The van der Waals surface area contributed by atoms with E-state index in [1.165, 1.54) is 26.2 Å². The lowest BCUT2D eigenvalue weighted by Gasteiger charge is -2.19. The van der Waals surface area contributed by atoms with Crippen molar-refractivity contribution in [3.63, 3.8) is 0 Å². The van der Waals surface area contributed by atoms with E-state index >= 15 is 0 Å². The first-order valence-corrected chi connectivity index (χ1v) is 4.26. The maximum absolute atomic E-state index is 13.3. The number of aliphatic carboxylic acids is 1. The lowest BCUT2D eigenvalue weighted by Crippen LogP contribution is -2.41. The predicted octanol–water partition coefficient (Wildman–Crippen LogP) is 1.51. The molecule has 1 unspecified atom stereocenters. The number of benzene rings is 1. The molecule has 1 aromatic carbocycles. The third kappa shape index (κ3) is 2.62. The van der Waals surface area contributed by atoms with Crippen molar-refractivity contribution in [3.05, 3.63) is 29.6 Å². The number of nitrogens with two attached hydrogens (primary N) is 1. The maximum Gasteiger partial charge on any atom is 0.328 e. The minimum Gasteiger partial charge on any atom is -0.494 e. The third-order valence-corrected chi connectivity index (χ3v) is 2.20. The molecule has 4 nitrogen and oxygen atoms in total. The molecule has 1 atom stereocenters. The fourth-order valence-electron chi connectivity index (χ4n) is 1.11. The summed E-state index contributed by atoms with van der Waals surface area (Å²) >= 11 is 0. The smallest absolute Gasteiger partial charge is 0.328 e. The number of carboxylic acid groups (broad SMARTS) is 1. The molecule has 90 valence electrons. The van der Waals surface area contributed by atoms with E-state index in [4.69, 9.17) is 15.6 Å². The van der Waals surface area contributed by atoms with Gasteiger partial charge in [0, 0.05) is 0 Å². The highest BCUT2D eigenvalue weighted by atomic mass is 35.5. The number of hydrogen-bond donors (Lipinski definition) is 2. The molecule has 1 aromatic rings. The van der Waals surface area contributed by atoms with Crippen molar-refractivity contribution in [2.24, 2.45) is 5.73 Å². The van der Waals surface area contributed by atoms with Crippen LogP contribution in [-0.2, 0) is 10.3 Å². The Morgan fingerprint density at radius 3 is 2.50 bits per heavy atom. The van der Waals surface area contributed by atoms with Crippen LogP contribution in [0.3, 0.4) is 0 Å². The van der Waals surface area contributed by atoms with Crippen molar-refractivity contribution in [1.82, 2.24) is 0 Å². The minimum atomic E-state index is -1.60. The summed E-state index contributed by atoms with van der Waals surface area (Å²) in [5, 5.41) is 8.83. The van der Waals surface area contributed by atoms with Crippen LogP contribution in [-0.4, -0.2) is 18.2 Å². The zero-order valence-corrected chi connectivity index (χ0v) is 9.68. The Morgan fingerprint density at radius 2 is 2.12 bits per heavy atom. The molecule has 0 aromatic heterocycles. The molecule has 0 radical (unpaired) electrons. The zero-order valence-electron chi connectivity index (χ0n) is 8.86. The second-order valence-corrected chi connectivity index (χ2v) is 3.36. The van der Waals surface area contributed by atoms with Gasteiger partial charge >= 0.3 is 5.97 Å². The maximum atomic E-state index is 13.3. The quantitative estimate of drug-likeness (QED) is 0.852. The van der Waals surface area contributed by atoms with Crippen LogP contribution in [0.15, 0.2) is 18.2 Å². The number of ether oxygens (including phenoxy) is 1. The van der Waals surface area contributed by atoms with Crippen molar-refractivity contribution in [3.8, 4) is 5.75 Å². The summed E-state index contributed by atoms with van der Waals surface area (Å²) in [7, 11) is 1.33. The van der Waals surface area contributed by atoms with Crippen molar-refractivity contribution >= 4 is 18.4 Å². The molecule has 16 heavy (non-hydrogen) atoms. The Morgan fingerprint density at radius 1 is 1.56 bits per heavy atom. The summed E-state index contributed by atoms with van der Waals surface area (Å²) in [5.74, 6) is -1.79. The molecule has 3 N–H and O–H groups in total. The molecule has 0 amide bonds. The predicted molar refractivity (Wildman–Crippen MR) is 59.4 cm³/mol. The van der Waals surface area contributed by atoms with E-state index in [1.807, 2.05) is 0 Å². The van der Waals surface area contributed by atoms with Gasteiger partial charge in [0.1, 0.15) is 5.54 Å². The molecule has 0 saturated carbocycles. The van der Waals surface area contributed by atoms with Crippen molar-refractivity contribution < 1.29 is 19.0 Å². The highest BCUT2D eigenvalue weighted by Crippen LogP contribution is 2.24. The number of carbonyl (C=O) groups is 1. The highest BCUT2D eigenvalue weighted by Gasteiger charge is 2.30. The Labute approximate surface area is 98.6 Å². The van der Waals surface area contributed by atoms with Crippen LogP contribution < -0.4 is 10.5 Å². The van der Waals surface area contributed by atoms with Gasteiger partial charge in [-0.15, -0.1) is 12.4 Å². The van der Waals surface area contributed by atoms with Crippen molar-refractivity contribution in [1.29, 1.82) is 0 Å². The standard InChI is InChI=1S/C10H12FNO3.ClH/c1-10(12,9(13)14)6-3-4-8(15-2)7(11)5-6;/h3-5H,12H2,1-2H3,(H,13,14);1H. The van der Waals surface area contributed by atoms with Gasteiger partial charge in [0.25, 0.3) is 0 Å². The fraction of sp³-hybridized carbons (Fsp3) is 0.300. The number of rotatable bonds is 3. The largest absolute Gasteiger partial charge is 0.494 e. The van der Waals surface area contributed by atoms with Crippen molar-refractivity contribution in [2.75, 3.05) is 7.11 Å². The summed E-state index contributed by atoms with van der Waals surface area (Å²) in [6.45, 7) is 1.30. The molecule has 0 heterocycles. The average molecular weight is 250 g/mol. The summed E-state index contributed by atoms with van der Waals surface area (Å²) in [4.78, 5) is 10.8. The summed E-state index contributed by atoms with van der Waals surface area (Å²) < 4.78 is 18.0. The summed E-state index contributed by atoms with van der Waals surface area (Å²) in [6, 6.07) is 3.84. The van der Waals surface area contributed by atoms with Gasteiger partial charge in [-0.3, -0.25) is 0 Å². The molecular formula is C10H13ClFNO3. The molecule has 0 aliphatic heterocycles. The van der Waals surface area contributed by atoms with Gasteiger partial charge in [-0.05, 0) is 24.6 Å². The SMILES string of the molecule is COc1ccc(C(C)(N)C(=O)O)cc1F.Cl. The average Bonchev–Trinajstić information content (AvgIpc) is 2.17. The molecule has 6 heteroatoms. The zero-order chi connectivity index (χ0) is 11.6. The Balaban J connectivity index is 0.00000225. The van der Waals surface area contributed by atoms with Crippen LogP contribution in [0, 0.1) is 5.82 Å². The van der Waals surface area contributed by atoms with Crippen LogP contribution in [0.2, 0.25) is 0 Å². The number of carboxylic acids is 1. The number of halogens is 2. The normalized spacial score (nSPS) is 13.5. The Bertz CT molecular complexity index is 396. The molecule has 0 aliphatic rings. The van der Waals surface area contributed by atoms with E-state index < -0.39 is 17.3 Å². The first-order chi connectivity index (χ1) is 6.89. The number of methoxy groups -OCH3 is 1. The molecule has 0 bridgehead atoms. The van der Waals surface area contributed by atoms with Crippen molar-refractivity contribution in [2.45, 2.75) is 12.5 Å². The van der Waals surface area contributed by atoms with E-state index in [0.29, 0.717) is 0 Å². The Hall–Kier alpha value is -1.33. The lowest BCUT2D eigenvalue weighted by atomic mass is 9.93. The highest BCUT2D eigenvalue weighted by molar-refractivity contribution is 5.85. The van der Waals surface area contributed by atoms with E-state index in [2.05, 4.69) is 0 Å². The molecule has 0 saturated heterocycles. The van der Waals surface area contributed by atoms with Gasteiger partial charge in [0.15, 0.2) is 11.6 Å². The second kappa shape index (κ2) is 5.14. The van der Waals surface area contributed by atoms with Gasteiger partial charge in [0.05, 0.1) is 7.11 Å². The summed E-state index contributed by atoms with van der Waals surface area (Å²) in [5.41, 5.74) is 4.12. The molecular weight excluding hydrogens is 237 g/mol. The van der Waals surface area contributed by atoms with Gasteiger partial charge in [-0.2, -0.15) is 0 Å². The van der Waals surface area contributed by atoms with E-state index in [-0.39, 0.29) is 23.7 Å². The molecule has 0 aliphatic carbocycles. The molecule has 0 spiro atoms. The van der Waals surface area contributed by atoms with Crippen LogP contribution in [0.25, 0.3) is 0 Å². The topological polar surface area (TPSA) is 72.5 Å². The molecule has 1 rings (SSSR count). The van der Waals surface area contributed by atoms with Crippen LogP contribution >= 0.6 is 12.4 Å². The van der Waals surface area contributed by atoms with Crippen LogP contribution in [0.4, 0.5) is 4.39 Å². The second-order valence-electron chi connectivity index (χ2n) is 3.36. The van der Waals surface area contributed by atoms with Gasteiger partial charge in [0.2, 0.25) is 0 Å². The van der Waals surface area contributed by atoms with Gasteiger partial charge < -0.3 is 15.6 Å². The first-order valence-electron chi connectivity index (χ1n) is 4.26. The Kier molecular flexibility index (Phi) is 4.71. The van der Waals surface area contributed by atoms with E-state index in [9.17, 15) is 9.18 Å². The number of hydrogen-bond acceptors (Lipinski definition) is 3. The molecule has 0 fully saturated rings. The van der Waals surface area contributed by atoms with Crippen LogP contribution in [0.1, 0.15) is 12.5 Å². The van der Waals surface area contributed by atoms with Gasteiger partial charge in [-0.25, -0.2) is 9.18 Å². The van der Waals surface area contributed by atoms with E-state index in [1.54, 1.807) is 0 Å². The van der Waals surface area contributed by atoms with Crippen LogP contribution in [0.5, 0.6) is 5.75 Å². The first kappa shape index (κ1) is 14.7. The van der Waals surface area contributed by atoms with E-state index in [0.717, 1.165) is 6.07 Å². The minimum absolute atomic E-state index is 0. The summed E-state index contributed by atoms with van der Waals surface area (Å²) in [6.07, 6.45) is 0. The lowest BCUT2D eigenvalue weighted by molar-refractivity contribution is -0.143. The monoisotopic (exact) mass is 249 g/mol. The third-order valence-electron chi connectivity index (χ3n) is 2.20. The fourth-order valence-corrected chi connectivity index (χ4v) is 1.11. The van der Waals surface area contributed by atoms with Gasteiger partial charge in [-0.1, -0.05) is 6.07 Å².